The van der Waals surface area contributed by atoms with Crippen molar-refractivity contribution >= 4 is 17.7 Å². The van der Waals surface area contributed by atoms with Crippen LogP contribution in [0.2, 0.25) is 0 Å². The molecule has 0 aliphatic heterocycles. The summed E-state index contributed by atoms with van der Waals surface area (Å²) in [4.78, 5) is 26.1. The molecule has 0 atom stereocenters. The molecule has 0 spiro atoms. The number of benzene rings is 1. The Morgan fingerprint density at radius 3 is 2.53 bits per heavy atom. The second kappa shape index (κ2) is 8.96. The van der Waals surface area contributed by atoms with E-state index in [4.69, 9.17) is 9.15 Å². The van der Waals surface area contributed by atoms with Gasteiger partial charge in [-0.05, 0) is 46.0 Å². The van der Waals surface area contributed by atoms with E-state index in [1.165, 1.54) is 7.11 Å². The number of amides is 1. The van der Waals surface area contributed by atoms with Crippen molar-refractivity contribution in [3.05, 3.63) is 64.7 Å². The van der Waals surface area contributed by atoms with E-state index < -0.39 is 5.97 Å². The lowest BCUT2D eigenvalue weighted by Crippen LogP contribution is -2.30. The number of rotatable bonds is 7. The second-order valence-corrected chi connectivity index (χ2v) is 7.31. The van der Waals surface area contributed by atoms with Crippen molar-refractivity contribution in [2.24, 2.45) is 0 Å². The molecule has 1 aromatic carbocycles. The summed E-state index contributed by atoms with van der Waals surface area (Å²) in [6, 6.07) is 11.4. The van der Waals surface area contributed by atoms with E-state index in [1.807, 2.05) is 44.2 Å². The maximum absolute atomic E-state index is 12.6. The van der Waals surface area contributed by atoms with E-state index in [0.29, 0.717) is 29.4 Å². The van der Waals surface area contributed by atoms with E-state index in [1.54, 1.807) is 29.6 Å². The van der Waals surface area contributed by atoms with E-state index in [0.717, 1.165) is 16.9 Å². The van der Waals surface area contributed by atoms with E-state index in [9.17, 15) is 9.59 Å². The summed E-state index contributed by atoms with van der Waals surface area (Å²) in [7, 11) is 3.13. The topological polar surface area (TPSA) is 89.6 Å². The number of hydrogen-bond acceptors (Lipinski definition) is 6. The average Bonchev–Trinajstić information content (AvgIpc) is 3.23. The SMILES string of the molecule is COC(=O)c1cc(CN(C)CC(=O)Nc2cc(C)nn2-c2ccc(C)cc2)oc1C. The summed E-state index contributed by atoms with van der Waals surface area (Å²) in [6.45, 7) is 6.12. The molecule has 0 aliphatic carbocycles. The Hall–Kier alpha value is -3.39. The van der Waals surface area contributed by atoms with Crippen LogP contribution in [-0.4, -0.2) is 47.3 Å². The van der Waals surface area contributed by atoms with Gasteiger partial charge in [0.05, 0.1) is 31.6 Å². The Morgan fingerprint density at radius 1 is 1.17 bits per heavy atom. The molecule has 0 unspecified atom stereocenters. The fourth-order valence-electron chi connectivity index (χ4n) is 3.15. The van der Waals surface area contributed by atoms with Crippen LogP contribution in [0.25, 0.3) is 5.69 Å². The molecule has 8 nitrogen and oxygen atoms in total. The molecule has 0 fully saturated rings. The van der Waals surface area contributed by atoms with Gasteiger partial charge in [-0.1, -0.05) is 17.7 Å². The van der Waals surface area contributed by atoms with Gasteiger partial charge in [0, 0.05) is 6.07 Å². The highest BCUT2D eigenvalue weighted by Gasteiger charge is 2.18. The predicted molar refractivity (Wildman–Crippen MR) is 113 cm³/mol. The van der Waals surface area contributed by atoms with Gasteiger partial charge in [-0.2, -0.15) is 5.10 Å². The minimum atomic E-state index is -0.442. The van der Waals surface area contributed by atoms with Gasteiger partial charge >= 0.3 is 5.97 Å². The third-order valence-corrected chi connectivity index (χ3v) is 4.59. The largest absolute Gasteiger partial charge is 0.465 e. The minimum absolute atomic E-state index is 0.144. The lowest BCUT2D eigenvalue weighted by molar-refractivity contribution is -0.117. The van der Waals surface area contributed by atoms with Gasteiger partial charge in [0.1, 0.15) is 22.9 Å². The Morgan fingerprint density at radius 2 is 1.87 bits per heavy atom. The van der Waals surface area contributed by atoms with Crippen LogP contribution in [0.5, 0.6) is 0 Å². The number of ether oxygens (including phenoxy) is 1. The first kappa shape index (κ1) is 21.3. The Labute approximate surface area is 175 Å². The molecule has 1 amide bonds. The number of esters is 1. The molecule has 30 heavy (non-hydrogen) atoms. The maximum Gasteiger partial charge on any atom is 0.341 e. The summed E-state index contributed by atoms with van der Waals surface area (Å²) in [5.74, 6) is 1.07. The Kier molecular flexibility index (Phi) is 6.37. The number of anilines is 1. The number of carbonyl (C=O) groups is 2. The first-order valence-electron chi connectivity index (χ1n) is 9.56. The average molecular weight is 410 g/mol. The molecule has 0 radical (unpaired) electrons. The van der Waals surface area contributed by atoms with Crippen LogP contribution in [0, 0.1) is 20.8 Å². The van der Waals surface area contributed by atoms with Crippen LogP contribution in [0.1, 0.15) is 33.1 Å². The normalized spacial score (nSPS) is 11.0. The zero-order chi connectivity index (χ0) is 21.8. The highest BCUT2D eigenvalue weighted by Crippen LogP contribution is 2.19. The third kappa shape index (κ3) is 4.96. The van der Waals surface area contributed by atoms with Crippen LogP contribution in [-0.2, 0) is 16.1 Å². The molecule has 1 N–H and O–H groups in total. The van der Waals surface area contributed by atoms with Gasteiger partial charge in [0.15, 0.2) is 0 Å². The quantitative estimate of drug-likeness (QED) is 0.602. The van der Waals surface area contributed by atoms with Crippen molar-refractivity contribution in [3.8, 4) is 5.69 Å². The first-order chi connectivity index (χ1) is 14.3. The molecule has 2 heterocycles. The molecule has 3 rings (SSSR count). The number of hydrogen-bond donors (Lipinski definition) is 1. The van der Waals surface area contributed by atoms with Gasteiger partial charge in [0.25, 0.3) is 0 Å². The number of furan rings is 1. The summed E-state index contributed by atoms with van der Waals surface area (Å²) in [6.07, 6.45) is 0. The fourth-order valence-corrected chi connectivity index (χ4v) is 3.15. The lowest BCUT2D eigenvalue weighted by atomic mass is 10.2. The third-order valence-electron chi connectivity index (χ3n) is 4.59. The van der Waals surface area contributed by atoms with Gasteiger partial charge < -0.3 is 14.5 Å². The molecule has 8 heteroatoms. The van der Waals surface area contributed by atoms with Gasteiger partial charge in [-0.15, -0.1) is 0 Å². The zero-order valence-electron chi connectivity index (χ0n) is 17.9. The lowest BCUT2D eigenvalue weighted by Gasteiger charge is -2.15. The monoisotopic (exact) mass is 410 g/mol. The summed E-state index contributed by atoms with van der Waals surface area (Å²) >= 11 is 0. The second-order valence-electron chi connectivity index (χ2n) is 7.31. The van der Waals surface area contributed by atoms with E-state index in [-0.39, 0.29) is 12.5 Å². The number of likely N-dealkylation sites (N-methyl/N-ethyl adjacent to an activating group) is 1. The number of nitrogens with one attached hydrogen (secondary N) is 1. The number of nitrogens with zero attached hydrogens (tertiary/aromatic N) is 3. The molecular formula is C22H26N4O4. The summed E-state index contributed by atoms with van der Waals surface area (Å²) in [5, 5.41) is 7.40. The molecule has 3 aromatic rings. The van der Waals surface area contributed by atoms with Crippen LogP contribution < -0.4 is 5.32 Å². The molecule has 2 aromatic heterocycles. The Balaban J connectivity index is 1.65. The van der Waals surface area contributed by atoms with Crippen LogP contribution in [0.4, 0.5) is 5.82 Å². The zero-order valence-corrected chi connectivity index (χ0v) is 17.9. The van der Waals surface area contributed by atoms with Gasteiger partial charge in [-0.3, -0.25) is 9.69 Å². The van der Waals surface area contributed by atoms with E-state index >= 15 is 0 Å². The van der Waals surface area contributed by atoms with Crippen LogP contribution in [0.3, 0.4) is 0 Å². The molecule has 0 saturated carbocycles. The molecule has 0 saturated heterocycles. The van der Waals surface area contributed by atoms with E-state index in [2.05, 4.69) is 10.4 Å². The number of aryl methyl sites for hydroxylation is 3. The Bertz CT molecular complexity index is 1050. The highest BCUT2D eigenvalue weighted by molar-refractivity contribution is 5.92. The van der Waals surface area contributed by atoms with Crippen molar-refractivity contribution in [1.82, 2.24) is 14.7 Å². The first-order valence-corrected chi connectivity index (χ1v) is 9.56. The summed E-state index contributed by atoms with van der Waals surface area (Å²) in [5.41, 5.74) is 3.22. The van der Waals surface area contributed by atoms with Crippen molar-refractivity contribution in [2.45, 2.75) is 27.3 Å². The van der Waals surface area contributed by atoms with Gasteiger partial charge in [-0.25, -0.2) is 9.48 Å². The van der Waals surface area contributed by atoms with Crippen molar-refractivity contribution < 1.29 is 18.7 Å². The molecule has 158 valence electrons. The van der Waals surface area contributed by atoms with Crippen molar-refractivity contribution in [1.29, 1.82) is 0 Å². The summed E-state index contributed by atoms with van der Waals surface area (Å²) < 4.78 is 12.1. The molecular weight excluding hydrogens is 384 g/mol. The minimum Gasteiger partial charge on any atom is -0.465 e. The number of methoxy groups -OCH3 is 1. The molecule has 0 bridgehead atoms. The number of carbonyl (C=O) groups excluding carboxylic acids is 2. The predicted octanol–water partition coefficient (Wildman–Crippen LogP) is 3.25. The smallest absolute Gasteiger partial charge is 0.341 e. The highest BCUT2D eigenvalue weighted by atomic mass is 16.5. The van der Waals surface area contributed by atoms with Crippen molar-refractivity contribution in [3.63, 3.8) is 0 Å². The standard InChI is InChI=1S/C22H26N4O4/c1-14-6-8-17(9-7-14)26-20(10-15(2)24-26)23-21(27)13-25(4)12-18-11-19(16(3)30-18)22(28)29-5/h6-11H,12-13H2,1-5H3,(H,23,27). The maximum atomic E-state index is 12.6. The number of aromatic nitrogens is 2. The van der Waals surface area contributed by atoms with Crippen molar-refractivity contribution in [2.75, 3.05) is 26.0 Å². The van der Waals surface area contributed by atoms with Crippen LogP contribution in [0.15, 0.2) is 40.8 Å². The fraction of sp³-hybridized carbons (Fsp3) is 0.318. The van der Waals surface area contributed by atoms with Gasteiger partial charge in [0.2, 0.25) is 5.91 Å². The molecule has 0 aliphatic rings. The van der Waals surface area contributed by atoms with Crippen LogP contribution >= 0.6 is 0 Å².